The van der Waals surface area contributed by atoms with Gasteiger partial charge < -0.3 is 19.1 Å². The standard InChI is InChI=1S/C18H19Cl2NO4/c1-3-21(14-5-4-6-15(12-14)23-2)9-10-24-18(22)25-17-8-7-13(19)11-16(17)20/h4-8,11-12H,3,9-10H2,1-2H3. The summed E-state index contributed by atoms with van der Waals surface area (Å²) in [4.78, 5) is 13.8. The number of halogens is 2. The summed E-state index contributed by atoms with van der Waals surface area (Å²) in [7, 11) is 1.62. The number of anilines is 1. The van der Waals surface area contributed by atoms with Crippen LogP contribution in [-0.4, -0.2) is 33.0 Å². The van der Waals surface area contributed by atoms with Gasteiger partial charge in [0, 0.05) is 23.3 Å². The maximum Gasteiger partial charge on any atom is 0.513 e. The molecule has 0 heterocycles. The number of benzene rings is 2. The largest absolute Gasteiger partial charge is 0.513 e. The average Bonchev–Trinajstić information content (AvgIpc) is 2.61. The van der Waals surface area contributed by atoms with E-state index in [0.29, 0.717) is 11.6 Å². The van der Waals surface area contributed by atoms with Crippen LogP contribution in [0.1, 0.15) is 6.92 Å². The molecule has 134 valence electrons. The summed E-state index contributed by atoms with van der Waals surface area (Å²) in [5.74, 6) is 0.977. The van der Waals surface area contributed by atoms with Gasteiger partial charge in [-0.05, 0) is 37.3 Å². The predicted molar refractivity (Wildman–Crippen MR) is 99.3 cm³/mol. The van der Waals surface area contributed by atoms with E-state index in [1.165, 1.54) is 12.1 Å². The first-order chi connectivity index (χ1) is 12.0. The minimum absolute atomic E-state index is 0.176. The molecule has 25 heavy (non-hydrogen) atoms. The number of hydrogen-bond acceptors (Lipinski definition) is 5. The Hall–Kier alpha value is -2.11. The van der Waals surface area contributed by atoms with Crippen LogP contribution in [0.15, 0.2) is 42.5 Å². The van der Waals surface area contributed by atoms with Gasteiger partial charge in [-0.15, -0.1) is 0 Å². The van der Waals surface area contributed by atoms with Gasteiger partial charge in [0.05, 0.1) is 18.7 Å². The molecule has 2 aromatic carbocycles. The number of carbonyl (C=O) groups excluding carboxylic acids is 1. The maximum absolute atomic E-state index is 11.8. The van der Waals surface area contributed by atoms with Crippen LogP contribution in [0.4, 0.5) is 10.5 Å². The molecular formula is C18H19Cl2NO4. The number of carbonyl (C=O) groups is 1. The van der Waals surface area contributed by atoms with E-state index in [-0.39, 0.29) is 17.4 Å². The highest BCUT2D eigenvalue weighted by molar-refractivity contribution is 6.35. The van der Waals surface area contributed by atoms with Crippen LogP contribution < -0.4 is 14.4 Å². The second-order valence-corrected chi connectivity index (χ2v) is 5.90. The lowest BCUT2D eigenvalue weighted by molar-refractivity contribution is 0.101. The Balaban J connectivity index is 1.86. The lowest BCUT2D eigenvalue weighted by atomic mass is 10.2. The summed E-state index contributed by atoms with van der Waals surface area (Å²) >= 11 is 11.7. The lowest BCUT2D eigenvalue weighted by Gasteiger charge is -2.23. The van der Waals surface area contributed by atoms with E-state index in [0.717, 1.165) is 18.0 Å². The molecule has 0 aliphatic rings. The molecular weight excluding hydrogens is 365 g/mol. The first kappa shape index (κ1) is 19.2. The third kappa shape index (κ3) is 5.73. The van der Waals surface area contributed by atoms with Gasteiger partial charge in [-0.25, -0.2) is 4.79 Å². The summed E-state index contributed by atoms with van der Waals surface area (Å²) in [5, 5.41) is 0.707. The van der Waals surface area contributed by atoms with Crippen LogP contribution in [0, 0.1) is 0 Å². The van der Waals surface area contributed by atoms with Crippen LogP contribution in [0.25, 0.3) is 0 Å². The molecule has 0 bridgehead atoms. The molecule has 0 fully saturated rings. The average molecular weight is 384 g/mol. The lowest BCUT2D eigenvalue weighted by Crippen LogP contribution is -2.28. The van der Waals surface area contributed by atoms with Crippen molar-refractivity contribution < 1.29 is 19.0 Å². The highest BCUT2D eigenvalue weighted by Gasteiger charge is 2.11. The third-order valence-electron chi connectivity index (χ3n) is 3.47. The highest BCUT2D eigenvalue weighted by Crippen LogP contribution is 2.27. The second kappa shape index (κ2) is 9.39. The first-order valence-electron chi connectivity index (χ1n) is 7.72. The fourth-order valence-electron chi connectivity index (χ4n) is 2.19. The van der Waals surface area contributed by atoms with E-state index >= 15 is 0 Å². The summed E-state index contributed by atoms with van der Waals surface area (Å²) in [5.41, 5.74) is 0.986. The number of methoxy groups -OCH3 is 1. The van der Waals surface area contributed by atoms with Crippen molar-refractivity contribution in [2.24, 2.45) is 0 Å². The van der Waals surface area contributed by atoms with Gasteiger partial charge in [0.2, 0.25) is 0 Å². The Morgan fingerprint density at radius 2 is 1.96 bits per heavy atom. The minimum atomic E-state index is -0.814. The molecule has 0 aliphatic heterocycles. The Bertz CT molecular complexity index is 724. The van der Waals surface area contributed by atoms with Gasteiger partial charge in [0.1, 0.15) is 12.4 Å². The highest BCUT2D eigenvalue weighted by atomic mass is 35.5. The van der Waals surface area contributed by atoms with Crippen molar-refractivity contribution in [2.45, 2.75) is 6.92 Å². The summed E-state index contributed by atoms with van der Waals surface area (Å²) < 4.78 is 15.4. The normalized spacial score (nSPS) is 10.2. The summed E-state index contributed by atoms with van der Waals surface area (Å²) in [6.07, 6.45) is -0.814. The fraction of sp³-hybridized carbons (Fsp3) is 0.278. The van der Waals surface area contributed by atoms with Gasteiger partial charge in [-0.1, -0.05) is 29.3 Å². The fourth-order valence-corrected chi connectivity index (χ4v) is 2.64. The minimum Gasteiger partial charge on any atom is -0.497 e. The van der Waals surface area contributed by atoms with E-state index in [1.807, 2.05) is 31.2 Å². The van der Waals surface area contributed by atoms with E-state index in [2.05, 4.69) is 4.90 Å². The maximum atomic E-state index is 11.8. The Kier molecular flexibility index (Phi) is 7.22. The zero-order valence-electron chi connectivity index (χ0n) is 14.0. The smallest absolute Gasteiger partial charge is 0.497 e. The van der Waals surface area contributed by atoms with Crippen molar-refractivity contribution in [3.8, 4) is 11.5 Å². The monoisotopic (exact) mass is 383 g/mol. The van der Waals surface area contributed by atoms with Gasteiger partial charge in [0.15, 0.2) is 5.75 Å². The Morgan fingerprint density at radius 3 is 2.64 bits per heavy atom. The molecule has 0 aliphatic carbocycles. The van der Waals surface area contributed by atoms with Crippen LogP contribution >= 0.6 is 23.2 Å². The molecule has 0 amide bonds. The van der Waals surface area contributed by atoms with E-state index in [9.17, 15) is 4.79 Å². The molecule has 7 heteroatoms. The number of hydrogen-bond donors (Lipinski definition) is 0. The summed E-state index contributed by atoms with van der Waals surface area (Å²) in [6, 6.07) is 12.3. The third-order valence-corrected chi connectivity index (χ3v) is 4.00. The van der Waals surface area contributed by atoms with Crippen LogP contribution in [0.5, 0.6) is 11.5 Å². The molecule has 5 nitrogen and oxygen atoms in total. The SMILES string of the molecule is CCN(CCOC(=O)Oc1ccc(Cl)cc1Cl)c1cccc(OC)c1. The molecule has 2 rings (SSSR count). The van der Waals surface area contributed by atoms with Crippen LogP contribution in [-0.2, 0) is 4.74 Å². The molecule has 0 atom stereocenters. The van der Waals surface area contributed by atoms with Crippen molar-refractivity contribution in [2.75, 3.05) is 31.7 Å². The van der Waals surface area contributed by atoms with Gasteiger partial charge in [-0.2, -0.15) is 0 Å². The number of nitrogens with zero attached hydrogens (tertiary/aromatic N) is 1. The number of ether oxygens (including phenoxy) is 3. The van der Waals surface area contributed by atoms with E-state index in [1.54, 1.807) is 13.2 Å². The summed E-state index contributed by atoms with van der Waals surface area (Å²) in [6.45, 7) is 3.47. The predicted octanol–water partition coefficient (Wildman–Crippen LogP) is 5.04. The molecule has 2 aromatic rings. The molecule has 0 saturated carbocycles. The van der Waals surface area contributed by atoms with Crippen molar-refractivity contribution in [3.63, 3.8) is 0 Å². The van der Waals surface area contributed by atoms with Crippen molar-refractivity contribution in [1.29, 1.82) is 0 Å². The molecule has 0 N–H and O–H groups in total. The van der Waals surface area contributed by atoms with Crippen LogP contribution in [0.3, 0.4) is 0 Å². The molecule has 0 spiro atoms. The Labute approximate surface area is 157 Å². The first-order valence-corrected chi connectivity index (χ1v) is 8.47. The molecule has 0 unspecified atom stereocenters. The number of likely N-dealkylation sites (N-methyl/N-ethyl adjacent to an activating group) is 1. The Morgan fingerprint density at radius 1 is 1.16 bits per heavy atom. The topological polar surface area (TPSA) is 48.0 Å². The van der Waals surface area contributed by atoms with Gasteiger partial charge >= 0.3 is 6.16 Å². The zero-order chi connectivity index (χ0) is 18.2. The van der Waals surface area contributed by atoms with Crippen molar-refractivity contribution >= 4 is 35.0 Å². The van der Waals surface area contributed by atoms with Gasteiger partial charge in [-0.3, -0.25) is 0 Å². The van der Waals surface area contributed by atoms with E-state index in [4.69, 9.17) is 37.4 Å². The van der Waals surface area contributed by atoms with Gasteiger partial charge in [0.25, 0.3) is 0 Å². The molecule has 0 saturated heterocycles. The quantitative estimate of drug-likeness (QED) is 0.494. The second-order valence-electron chi connectivity index (χ2n) is 5.06. The van der Waals surface area contributed by atoms with Crippen molar-refractivity contribution in [3.05, 3.63) is 52.5 Å². The van der Waals surface area contributed by atoms with E-state index < -0.39 is 6.16 Å². The number of rotatable bonds is 7. The molecule has 0 aromatic heterocycles. The van der Waals surface area contributed by atoms with Crippen LogP contribution in [0.2, 0.25) is 10.0 Å². The molecule has 0 radical (unpaired) electrons. The zero-order valence-corrected chi connectivity index (χ0v) is 15.5. The van der Waals surface area contributed by atoms with Crippen molar-refractivity contribution in [1.82, 2.24) is 0 Å².